The molecule has 0 saturated carbocycles. The van der Waals surface area contributed by atoms with Gasteiger partial charge in [-0.2, -0.15) is 0 Å². The van der Waals surface area contributed by atoms with E-state index in [0.717, 1.165) is 40.4 Å². The third-order valence-electron chi connectivity index (χ3n) is 3.69. The van der Waals surface area contributed by atoms with Gasteiger partial charge < -0.3 is 10.2 Å². The van der Waals surface area contributed by atoms with Gasteiger partial charge in [-0.25, -0.2) is 4.98 Å². The predicted molar refractivity (Wildman–Crippen MR) is 87.0 cm³/mol. The molecule has 0 spiro atoms. The van der Waals surface area contributed by atoms with Crippen LogP contribution in [0, 0.1) is 0 Å². The first kappa shape index (κ1) is 13.5. The lowest BCUT2D eigenvalue weighted by Gasteiger charge is -2.21. The summed E-state index contributed by atoms with van der Waals surface area (Å²) in [5, 5.41) is 6.45. The molecule has 20 heavy (non-hydrogen) atoms. The van der Waals surface area contributed by atoms with Crippen LogP contribution < -0.4 is 10.2 Å². The Hall–Kier alpha value is -1.48. The Bertz CT molecular complexity index is 618. The van der Waals surface area contributed by atoms with Gasteiger partial charge in [0.1, 0.15) is 5.82 Å². The zero-order valence-electron chi connectivity index (χ0n) is 12.0. The van der Waals surface area contributed by atoms with Gasteiger partial charge >= 0.3 is 0 Å². The minimum absolute atomic E-state index is 0.355. The summed E-state index contributed by atoms with van der Waals surface area (Å²) in [6, 6.07) is 6.43. The van der Waals surface area contributed by atoms with Gasteiger partial charge in [-0.1, -0.05) is 23.7 Å². The van der Waals surface area contributed by atoms with Gasteiger partial charge in [-0.3, -0.25) is 0 Å². The average molecular weight is 290 g/mol. The standard InChI is InChI=1S/C16H20ClN3/c1-11(2)19-14-10-18-16(20-8-3-4-9-20)12-6-5-7-13(17)15(12)14/h5-7,10-11,19H,3-4,8-9H2,1-2H3. The normalized spacial score (nSPS) is 15.3. The quantitative estimate of drug-likeness (QED) is 0.913. The van der Waals surface area contributed by atoms with E-state index in [9.17, 15) is 0 Å². The Morgan fingerprint density at radius 2 is 2.00 bits per heavy atom. The predicted octanol–water partition coefficient (Wildman–Crippen LogP) is 4.31. The third kappa shape index (κ3) is 2.42. The van der Waals surface area contributed by atoms with E-state index in [-0.39, 0.29) is 0 Å². The molecule has 1 saturated heterocycles. The average Bonchev–Trinajstić information content (AvgIpc) is 2.92. The molecule has 3 nitrogen and oxygen atoms in total. The van der Waals surface area contributed by atoms with Crippen LogP contribution in [0.25, 0.3) is 10.8 Å². The zero-order chi connectivity index (χ0) is 14.1. The summed E-state index contributed by atoms with van der Waals surface area (Å²) >= 11 is 6.44. The summed E-state index contributed by atoms with van der Waals surface area (Å²) in [5.41, 5.74) is 1.02. The number of hydrogen-bond acceptors (Lipinski definition) is 3. The topological polar surface area (TPSA) is 28.2 Å². The summed E-state index contributed by atoms with van der Waals surface area (Å²) in [4.78, 5) is 7.05. The SMILES string of the molecule is CC(C)Nc1cnc(N2CCCC2)c2cccc(Cl)c12. The number of nitrogens with zero attached hydrogens (tertiary/aromatic N) is 2. The fourth-order valence-electron chi connectivity index (χ4n) is 2.85. The fraction of sp³-hybridized carbons (Fsp3) is 0.438. The van der Waals surface area contributed by atoms with Gasteiger partial charge in [0, 0.05) is 29.9 Å². The molecule has 1 aliphatic rings. The maximum atomic E-state index is 6.44. The summed E-state index contributed by atoms with van der Waals surface area (Å²) in [6.07, 6.45) is 4.41. The molecule has 2 heterocycles. The largest absolute Gasteiger partial charge is 0.381 e. The Morgan fingerprint density at radius 1 is 1.25 bits per heavy atom. The maximum absolute atomic E-state index is 6.44. The number of pyridine rings is 1. The van der Waals surface area contributed by atoms with Gasteiger partial charge in [0.25, 0.3) is 0 Å². The summed E-state index contributed by atoms with van der Waals surface area (Å²) < 4.78 is 0. The van der Waals surface area contributed by atoms with E-state index in [1.54, 1.807) is 0 Å². The molecule has 0 bridgehead atoms. The number of aromatic nitrogens is 1. The molecule has 1 fully saturated rings. The molecule has 0 amide bonds. The number of anilines is 2. The molecule has 1 aliphatic heterocycles. The third-order valence-corrected chi connectivity index (χ3v) is 4.00. The second-order valence-electron chi connectivity index (χ2n) is 5.65. The first-order valence-electron chi connectivity index (χ1n) is 7.25. The van der Waals surface area contributed by atoms with E-state index in [1.165, 1.54) is 12.8 Å². The van der Waals surface area contributed by atoms with Crippen molar-refractivity contribution in [1.29, 1.82) is 0 Å². The molecule has 3 rings (SSSR count). The number of hydrogen-bond donors (Lipinski definition) is 1. The highest BCUT2D eigenvalue weighted by Crippen LogP contribution is 2.36. The van der Waals surface area contributed by atoms with Crippen molar-refractivity contribution in [2.45, 2.75) is 32.7 Å². The number of rotatable bonds is 3. The van der Waals surface area contributed by atoms with Crippen molar-refractivity contribution in [3.63, 3.8) is 0 Å². The number of nitrogens with one attached hydrogen (secondary N) is 1. The number of fused-ring (bicyclic) bond motifs is 1. The van der Waals surface area contributed by atoms with Crippen molar-refractivity contribution in [3.05, 3.63) is 29.4 Å². The zero-order valence-corrected chi connectivity index (χ0v) is 12.7. The molecule has 4 heteroatoms. The van der Waals surface area contributed by atoms with Crippen LogP contribution >= 0.6 is 11.6 Å². The van der Waals surface area contributed by atoms with E-state index < -0.39 is 0 Å². The monoisotopic (exact) mass is 289 g/mol. The summed E-state index contributed by atoms with van der Waals surface area (Å²) in [6.45, 7) is 6.42. The van der Waals surface area contributed by atoms with Crippen LogP contribution in [0.5, 0.6) is 0 Å². The molecule has 1 aromatic carbocycles. The van der Waals surface area contributed by atoms with Gasteiger partial charge in [0.2, 0.25) is 0 Å². The highest BCUT2D eigenvalue weighted by molar-refractivity contribution is 6.37. The molecule has 2 aromatic rings. The molecule has 0 unspecified atom stereocenters. The molecule has 0 radical (unpaired) electrons. The van der Waals surface area contributed by atoms with E-state index in [2.05, 4.69) is 35.1 Å². The van der Waals surface area contributed by atoms with Crippen LogP contribution in [0.15, 0.2) is 24.4 Å². The molecule has 0 aliphatic carbocycles. The van der Waals surface area contributed by atoms with Crippen molar-refractivity contribution in [1.82, 2.24) is 4.98 Å². The van der Waals surface area contributed by atoms with Crippen molar-refractivity contribution in [2.75, 3.05) is 23.3 Å². The smallest absolute Gasteiger partial charge is 0.136 e. The minimum atomic E-state index is 0.355. The second-order valence-corrected chi connectivity index (χ2v) is 6.06. The van der Waals surface area contributed by atoms with E-state index in [4.69, 9.17) is 11.6 Å². The maximum Gasteiger partial charge on any atom is 0.136 e. The van der Waals surface area contributed by atoms with Gasteiger partial charge in [0.15, 0.2) is 0 Å². The Morgan fingerprint density at radius 3 is 2.70 bits per heavy atom. The van der Waals surface area contributed by atoms with E-state index >= 15 is 0 Å². The first-order valence-corrected chi connectivity index (χ1v) is 7.63. The van der Waals surface area contributed by atoms with Crippen LogP contribution in [0.2, 0.25) is 5.02 Å². The number of benzene rings is 1. The Labute approximate surface area is 124 Å². The lowest BCUT2D eigenvalue weighted by molar-refractivity contribution is 0.898. The van der Waals surface area contributed by atoms with Gasteiger partial charge in [-0.15, -0.1) is 0 Å². The first-order chi connectivity index (χ1) is 9.66. The van der Waals surface area contributed by atoms with Gasteiger partial charge in [0.05, 0.1) is 16.9 Å². The molecule has 1 N–H and O–H groups in total. The van der Waals surface area contributed by atoms with Crippen molar-refractivity contribution < 1.29 is 0 Å². The van der Waals surface area contributed by atoms with Crippen LogP contribution in [0.1, 0.15) is 26.7 Å². The fourth-order valence-corrected chi connectivity index (χ4v) is 3.12. The van der Waals surface area contributed by atoms with Crippen molar-refractivity contribution in [3.8, 4) is 0 Å². The molecule has 1 aromatic heterocycles. The Kier molecular flexibility index (Phi) is 3.70. The lowest BCUT2D eigenvalue weighted by atomic mass is 10.1. The highest BCUT2D eigenvalue weighted by atomic mass is 35.5. The van der Waals surface area contributed by atoms with Crippen LogP contribution in [0.4, 0.5) is 11.5 Å². The lowest BCUT2D eigenvalue weighted by Crippen LogP contribution is -2.20. The number of halogens is 1. The van der Waals surface area contributed by atoms with E-state index in [0.29, 0.717) is 6.04 Å². The Balaban J connectivity index is 2.17. The van der Waals surface area contributed by atoms with Gasteiger partial charge in [-0.05, 0) is 32.8 Å². The highest BCUT2D eigenvalue weighted by Gasteiger charge is 2.18. The second kappa shape index (κ2) is 5.49. The summed E-state index contributed by atoms with van der Waals surface area (Å²) in [7, 11) is 0. The van der Waals surface area contributed by atoms with Crippen LogP contribution in [0.3, 0.4) is 0 Å². The molecule has 0 atom stereocenters. The summed E-state index contributed by atoms with van der Waals surface area (Å²) in [5.74, 6) is 1.06. The minimum Gasteiger partial charge on any atom is -0.381 e. The molecular weight excluding hydrogens is 270 g/mol. The van der Waals surface area contributed by atoms with Crippen molar-refractivity contribution in [2.24, 2.45) is 0 Å². The van der Waals surface area contributed by atoms with Crippen LogP contribution in [-0.2, 0) is 0 Å². The van der Waals surface area contributed by atoms with Crippen LogP contribution in [-0.4, -0.2) is 24.1 Å². The van der Waals surface area contributed by atoms with E-state index in [1.807, 2.05) is 18.3 Å². The molecule has 106 valence electrons. The molecular formula is C16H20ClN3. The van der Waals surface area contributed by atoms with Crippen molar-refractivity contribution >= 4 is 33.9 Å².